The molecule has 0 bridgehead atoms. The molecule has 0 spiro atoms. The molecule has 0 N–H and O–H groups in total. The number of halogens is 2. The van der Waals surface area contributed by atoms with Crippen LogP contribution in [0.2, 0.25) is 5.02 Å². The van der Waals surface area contributed by atoms with Crippen molar-refractivity contribution in [1.29, 1.82) is 0 Å². The molecule has 1 saturated heterocycles. The minimum atomic E-state index is -0.619. The molecule has 0 aliphatic carbocycles. The predicted octanol–water partition coefficient (Wildman–Crippen LogP) is 6.46. The van der Waals surface area contributed by atoms with Crippen LogP contribution in [0.3, 0.4) is 0 Å². The molecule has 7 nitrogen and oxygen atoms in total. The van der Waals surface area contributed by atoms with E-state index in [-0.39, 0.29) is 11.0 Å². The summed E-state index contributed by atoms with van der Waals surface area (Å²) in [5.74, 6) is -0.164. The molecular formula is C25H25BrClNO6S. The van der Waals surface area contributed by atoms with Crippen molar-refractivity contribution in [2.24, 2.45) is 0 Å². The highest BCUT2D eigenvalue weighted by molar-refractivity contribution is 9.10. The van der Waals surface area contributed by atoms with E-state index in [9.17, 15) is 14.4 Å². The van der Waals surface area contributed by atoms with Crippen LogP contribution >= 0.6 is 39.3 Å². The van der Waals surface area contributed by atoms with E-state index in [4.69, 9.17) is 25.8 Å². The van der Waals surface area contributed by atoms with Crippen LogP contribution < -0.4 is 9.47 Å². The van der Waals surface area contributed by atoms with E-state index in [0.717, 1.165) is 22.2 Å². The molecule has 0 unspecified atom stereocenters. The Balaban J connectivity index is 1.78. The average Bonchev–Trinajstić information content (AvgIpc) is 3.07. The van der Waals surface area contributed by atoms with E-state index in [0.29, 0.717) is 46.2 Å². The van der Waals surface area contributed by atoms with Crippen LogP contribution in [0.5, 0.6) is 11.5 Å². The summed E-state index contributed by atoms with van der Waals surface area (Å²) in [4.78, 5) is 38.3. The van der Waals surface area contributed by atoms with Crippen molar-refractivity contribution in [2.45, 2.75) is 39.9 Å². The fourth-order valence-electron chi connectivity index (χ4n) is 3.07. The minimum Gasteiger partial charge on any atom is -0.490 e. The number of imide groups is 1. The molecular weight excluding hydrogens is 558 g/mol. The van der Waals surface area contributed by atoms with Crippen LogP contribution in [0.1, 0.15) is 38.3 Å². The molecule has 0 aromatic heterocycles. The zero-order chi connectivity index (χ0) is 25.5. The highest BCUT2D eigenvalue weighted by atomic mass is 79.9. The van der Waals surface area contributed by atoms with Crippen LogP contribution in [0, 0.1) is 0 Å². The number of hydrogen-bond acceptors (Lipinski definition) is 7. The summed E-state index contributed by atoms with van der Waals surface area (Å²) in [6, 6.07) is 10.8. The van der Waals surface area contributed by atoms with Crippen molar-refractivity contribution >= 4 is 62.5 Å². The average molecular weight is 583 g/mol. The molecule has 2 aromatic carbocycles. The lowest BCUT2D eigenvalue weighted by molar-refractivity contribution is -0.150. The number of ether oxygens (including phenoxy) is 3. The molecule has 1 aliphatic heterocycles. The van der Waals surface area contributed by atoms with E-state index >= 15 is 0 Å². The molecule has 2 aromatic rings. The van der Waals surface area contributed by atoms with Gasteiger partial charge in [0.2, 0.25) is 0 Å². The van der Waals surface area contributed by atoms with Gasteiger partial charge in [0.25, 0.3) is 11.1 Å². The van der Waals surface area contributed by atoms with Gasteiger partial charge in [-0.3, -0.25) is 19.3 Å². The Morgan fingerprint density at radius 2 is 1.89 bits per heavy atom. The largest absolute Gasteiger partial charge is 0.490 e. The third kappa shape index (κ3) is 7.25. The van der Waals surface area contributed by atoms with E-state index in [1.807, 2.05) is 26.0 Å². The van der Waals surface area contributed by atoms with Gasteiger partial charge in [0.15, 0.2) is 11.5 Å². The first-order valence-corrected chi connectivity index (χ1v) is 13.0. The molecule has 0 radical (unpaired) electrons. The number of amides is 2. The number of thioether (sulfide) groups is 1. The highest BCUT2D eigenvalue weighted by Gasteiger charge is 2.37. The van der Waals surface area contributed by atoms with Gasteiger partial charge in [0.1, 0.15) is 13.2 Å². The van der Waals surface area contributed by atoms with Gasteiger partial charge in [-0.15, -0.1) is 0 Å². The Morgan fingerprint density at radius 3 is 2.54 bits per heavy atom. The van der Waals surface area contributed by atoms with Gasteiger partial charge in [0.05, 0.1) is 22.1 Å². The van der Waals surface area contributed by atoms with E-state index < -0.39 is 23.7 Å². The van der Waals surface area contributed by atoms with E-state index in [1.54, 1.807) is 37.3 Å². The minimum absolute atomic E-state index is 0.204. The number of esters is 1. The first-order valence-electron chi connectivity index (χ1n) is 11.0. The normalized spacial score (nSPS) is 15.5. The van der Waals surface area contributed by atoms with Crippen LogP contribution in [0.4, 0.5) is 4.79 Å². The zero-order valence-corrected chi connectivity index (χ0v) is 22.7. The number of rotatable bonds is 10. The number of hydrogen-bond donors (Lipinski definition) is 0. The third-order valence-electron chi connectivity index (χ3n) is 4.99. The molecule has 186 valence electrons. The number of benzene rings is 2. The van der Waals surface area contributed by atoms with Crippen molar-refractivity contribution in [3.63, 3.8) is 0 Å². The van der Waals surface area contributed by atoms with Crippen molar-refractivity contribution in [2.75, 3.05) is 13.2 Å². The molecule has 35 heavy (non-hydrogen) atoms. The third-order valence-corrected chi connectivity index (χ3v) is 6.74. The molecule has 2 amide bonds. The maximum atomic E-state index is 12.8. The van der Waals surface area contributed by atoms with Gasteiger partial charge in [-0.25, -0.2) is 0 Å². The van der Waals surface area contributed by atoms with Crippen LogP contribution in [-0.2, 0) is 20.9 Å². The fraction of sp³-hybridized carbons (Fsp3) is 0.320. The fourth-order valence-corrected chi connectivity index (χ4v) is 4.61. The summed E-state index contributed by atoms with van der Waals surface area (Å²) in [5.41, 5.74) is 1.57. The summed E-state index contributed by atoms with van der Waals surface area (Å²) < 4.78 is 17.6. The van der Waals surface area contributed by atoms with Gasteiger partial charge >= 0.3 is 5.97 Å². The van der Waals surface area contributed by atoms with E-state index in [2.05, 4.69) is 15.9 Å². The second-order valence-electron chi connectivity index (χ2n) is 7.65. The smallest absolute Gasteiger partial charge is 0.326 e. The van der Waals surface area contributed by atoms with Crippen LogP contribution in [0.15, 0.2) is 45.8 Å². The number of carbonyl (C=O) groups excluding carboxylic acids is 3. The maximum absolute atomic E-state index is 12.8. The zero-order valence-electron chi connectivity index (χ0n) is 19.5. The lowest BCUT2D eigenvalue weighted by Gasteiger charge is -2.15. The Hall–Kier alpha value is -2.49. The summed E-state index contributed by atoms with van der Waals surface area (Å²) in [7, 11) is 0. The summed E-state index contributed by atoms with van der Waals surface area (Å²) in [6.07, 6.45) is 1.94. The SMILES string of the molecule is CCOc1cc(/C=C2/SC(=O)N(CC(=O)O[C@@H](C)CC)C2=O)cc(Br)c1OCc1ccc(Cl)cc1. The lowest BCUT2D eigenvalue weighted by atomic mass is 10.1. The first-order chi connectivity index (χ1) is 16.7. The molecule has 1 aliphatic rings. The standard InChI is InChI=1S/C25H25BrClNO6S/c1-4-15(3)34-22(29)13-28-24(30)21(35-25(28)31)12-17-10-19(26)23(20(11-17)32-5-2)33-14-16-6-8-18(27)9-7-16/h6-12,15H,4-5,13-14H2,1-3H3/b21-12+/t15-/m0/s1. The summed E-state index contributed by atoms with van der Waals surface area (Å²) in [5, 5.41) is 0.125. The van der Waals surface area contributed by atoms with Crippen LogP contribution in [-0.4, -0.2) is 41.3 Å². The topological polar surface area (TPSA) is 82.1 Å². The van der Waals surface area contributed by atoms with Gasteiger partial charge in [-0.05, 0) is 89.4 Å². The maximum Gasteiger partial charge on any atom is 0.326 e. The van der Waals surface area contributed by atoms with Gasteiger partial charge < -0.3 is 14.2 Å². The molecule has 1 heterocycles. The van der Waals surface area contributed by atoms with Gasteiger partial charge in [-0.2, -0.15) is 0 Å². The lowest BCUT2D eigenvalue weighted by Crippen LogP contribution is -2.35. The number of carbonyl (C=O) groups is 3. The summed E-state index contributed by atoms with van der Waals surface area (Å²) >= 11 is 10.2. The quantitative estimate of drug-likeness (QED) is 0.235. The summed E-state index contributed by atoms with van der Waals surface area (Å²) in [6.45, 7) is 5.78. The van der Waals surface area contributed by atoms with Crippen molar-refractivity contribution < 1.29 is 28.6 Å². The Labute approximate surface area is 221 Å². The Bertz CT molecular complexity index is 1140. The van der Waals surface area contributed by atoms with Gasteiger partial charge in [-0.1, -0.05) is 30.7 Å². The molecule has 1 atom stereocenters. The van der Waals surface area contributed by atoms with Gasteiger partial charge in [0, 0.05) is 5.02 Å². The van der Waals surface area contributed by atoms with E-state index in [1.165, 1.54) is 0 Å². The molecule has 10 heteroatoms. The monoisotopic (exact) mass is 581 g/mol. The Kier molecular flexibility index (Phi) is 9.65. The second kappa shape index (κ2) is 12.5. The highest BCUT2D eigenvalue weighted by Crippen LogP contribution is 2.39. The molecule has 0 saturated carbocycles. The molecule has 1 fully saturated rings. The molecule has 3 rings (SSSR count). The number of nitrogens with zero attached hydrogens (tertiary/aromatic N) is 1. The van der Waals surface area contributed by atoms with Crippen molar-refractivity contribution in [3.8, 4) is 11.5 Å². The first kappa shape index (κ1) is 27.1. The second-order valence-corrected chi connectivity index (χ2v) is 9.94. The van der Waals surface area contributed by atoms with Crippen molar-refractivity contribution in [1.82, 2.24) is 4.90 Å². The predicted molar refractivity (Wildman–Crippen MR) is 140 cm³/mol. The Morgan fingerprint density at radius 1 is 1.17 bits per heavy atom. The van der Waals surface area contributed by atoms with Crippen molar-refractivity contribution in [3.05, 3.63) is 61.9 Å². The van der Waals surface area contributed by atoms with Crippen LogP contribution in [0.25, 0.3) is 6.08 Å².